The molecule has 1 heterocycles. The lowest BCUT2D eigenvalue weighted by Gasteiger charge is -2.23. The summed E-state index contributed by atoms with van der Waals surface area (Å²) in [6.07, 6.45) is 1.57. The van der Waals surface area contributed by atoms with E-state index in [4.69, 9.17) is 4.74 Å². The second-order valence-corrected chi connectivity index (χ2v) is 5.73. The Morgan fingerprint density at radius 1 is 1.20 bits per heavy atom. The molecule has 106 valence electrons. The van der Waals surface area contributed by atoms with E-state index in [2.05, 4.69) is 25.8 Å². The molecule has 0 saturated heterocycles. The maximum atomic E-state index is 11.9. The fraction of sp³-hybridized carbons (Fsp3) is 0.312. The van der Waals surface area contributed by atoms with Crippen LogP contribution in [0, 0.1) is 0 Å². The van der Waals surface area contributed by atoms with E-state index in [0.717, 1.165) is 5.56 Å². The van der Waals surface area contributed by atoms with Crippen molar-refractivity contribution in [2.45, 2.75) is 26.2 Å². The van der Waals surface area contributed by atoms with Crippen molar-refractivity contribution < 1.29 is 9.84 Å². The molecule has 0 unspecified atom stereocenters. The molecule has 4 nitrogen and oxygen atoms in total. The molecule has 0 spiro atoms. The molecule has 0 bridgehead atoms. The van der Waals surface area contributed by atoms with Gasteiger partial charge < -0.3 is 14.8 Å². The predicted molar refractivity (Wildman–Crippen MR) is 79.4 cm³/mol. The average molecular weight is 273 g/mol. The number of ether oxygens (including phenoxy) is 1. The van der Waals surface area contributed by atoms with Gasteiger partial charge in [-0.25, -0.2) is 0 Å². The number of phenols is 1. The van der Waals surface area contributed by atoms with Gasteiger partial charge in [0, 0.05) is 23.4 Å². The maximum Gasteiger partial charge on any atom is 0.255 e. The standard InChI is InChI=1S/C16H19NO3/c1-16(2,3)12-8-11(13(18)9-14(12)20-4)10-6-5-7-17-15(10)19/h5-9,18H,1-4H3,(H,17,19). The molecule has 0 saturated carbocycles. The number of hydrogen-bond donors (Lipinski definition) is 2. The van der Waals surface area contributed by atoms with Crippen LogP contribution >= 0.6 is 0 Å². The number of methoxy groups -OCH3 is 1. The van der Waals surface area contributed by atoms with Crippen molar-refractivity contribution in [1.29, 1.82) is 0 Å². The Morgan fingerprint density at radius 2 is 1.90 bits per heavy atom. The second-order valence-electron chi connectivity index (χ2n) is 5.73. The van der Waals surface area contributed by atoms with Crippen LogP contribution in [0.4, 0.5) is 0 Å². The van der Waals surface area contributed by atoms with Gasteiger partial charge in [0.15, 0.2) is 0 Å². The topological polar surface area (TPSA) is 62.3 Å². The van der Waals surface area contributed by atoms with Crippen molar-refractivity contribution in [1.82, 2.24) is 4.98 Å². The minimum atomic E-state index is -0.229. The first-order chi connectivity index (χ1) is 9.34. The largest absolute Gasteiger partial charge is 0.507 e. The summed E-state index contributed by atoms with van der Waals surface area (Å²) in [5.74, 6) is 0.651. The van der Waals surface area contributed by atoms with E-state index in [1.807, 2.05) is 6.07 Å². The third kappa shape index (κ3) is 2.54. The Kier molecular flexibility index (Phi) is 3.57. The summed E-state index contributed by atoms with van der Waals surface area (Å²) in [5, 5.41) is 10.2. The van der Waals surface area contributed by atoms with E-state index in [1.165, 1.54) is 0 Å². The number of aromatic nitrogens is 1. The third-order valence-corrected chi connectivity index (χ3v) is 3.23. The van der Waals surface area contributed by atoms with Gasteiger partial charge in [0.1, 0.15) is 11.5 Å². The van der Waals surface area contributed by atoms with Crippen LogP contribution in [0.3, 0.4) is 0 Å². The first-order valence-corrected chi connectivity index (χ1v) is 6.44. The molecule has 0 radical (unpaired) electrons. The SMILES string of the molecule is COc1cc(O)c(-c2ccc[nH]c2=O)cc1C(C)(C)C. The normalized spacial score (nSPS) is 11.4. The maximum absolute atomic E-state index is 11.9. The summed E-state index contributed by atoms with van der Waals surface area (Å²) < 4.78 is 5.33. The van der Waals surface area contributed by atoms with Crippen LogP contribution < -0.4 is 10.3 Å². The first-order valence-electron chi connectivity index (χ1n) is 6.44. The number of phenolic OH excluding ortho intramolecular Hbond substituents is 1. The first kappa shape index (κ1) is 14.2. The quantitative estimate of drug-likeness (QED) is 0.884. The zero-order chi connectivity index (χ0) is 14.9. The minimum absolute atomic E-state index is 0.0338. The molecule has 1 aromatic heterocycles. The Labute approximate surface area is 118 Å². The van der Waals surface area contributed by atoms with E-state index < -0.39 is 0 Å². The van der Waals surface area contributed by atoms with Crippen LogP contribution in [0.1, 0.15) is 26.3 Å². The fourth-order valence-electron chi connectivity index (χ4n) is 2.17. The zero-order valence-electron chi connectivity index (χ0n) is 12.2. The van der Waals surface area contributed by atoms with Gasteiger partial charge in [-0.2, -0.15) is 0 Å². The molecular formula is C16H19NO3. The molecular weight excluding hydrogens is 254 g/mol. The van der Waals surface area contributed by atoms with Crippen LogP contribution in [0.25, 0.3) is 11.1 Å². The summed E-state index contributed by atoms with van der Waals surface area (Å²) in [7, 11) is 1.57. The van der Waals surface area contributed by atoms with E-state index in [-0.39, 0.29) is 16.7 Å². The van der Waals surface area contributed by atoms with Gasteiger partial charge in [0.05, 0.1) is 12.7 Å². The van der Waals surface area contributed by atoms with Crippen molar-refractivity contribution in [2.24, 2.45) is 0 Å². The Bertz CT molecular complexity index is 681. The highest BCUT2D eigenvalue weighted by molar-refractivity contribution is 5.72. The Hall–Kier alpha value is -2.23. The number of benzene rings is 1. The molecule has 2 N–H and O–H groups in total. The summed E-state index contributed by atoms with van der Waals surface area (Å²) in [6.45, 7) is 6.17. The summed E-state index contributed by atoms with van der Waals surface area (Å²) in [6, 6.07) is 6.80. The Balaban J connectivity index is 2.73. The number of aromatic amines is 1. The zero-order valence-corrected chi connectivity index (χ0v) is 12.2. The molecule has 0 aliphatic rings. The molecule has 0 amide bonds. The van der Waals surface area contributed by atoms with E-state index in [9.17, 15) is 9.90 Å². The average Bonchev–Trinajstić information content (AvgIpc) is 2.38. The van der Waals surface area contributed by atoms with Gasteiger partial charge in [-0.15, -0.1) is 0 Å². The van der Waals surface area contributed by atoms with Crippen molar-refractivity contribution in [3.05, 3.63) is 46.4 Å². The van der Waals surface area contributed by atoms with Gasteiger partial charge in [-0.1, -0.05) is 20.8 Å². The summed E-state index contributed by atoms with van der Waals surface area (Å²) in [5.41, 5.74) is 1.51. The van der Waals surface area contributed by atoms with Gasteiger partial charge in [0.25, 0.3) is 5.56 Å². The summed E-state index contributed by atoms with van der Waals surface area (Å²) >= 11 is 0. The molecule has 2 aromatic rings. The molecule has 0 fully saturated rings. The number of H-pyrrole nitrogens is 1. The van der Waals surface area contributed by atoms with E-state index >= 15 is 0 Å². The van der Waals surface area contributed by atoms with Crippen LogP contribution in [0.15, 0.2) is 35.3 Å². The number of aromatic hydroxyl groups is 1. The highest BCUT2D eigenvalue weighted by Gasteiger charge is 2.22. The van der Waals surface area contributed by atoms with Crippen molar-refractivity contribution >= 4 is 0 Å². The van der Waals surface area contributed by atoms with Gasteiger partial charge in [-0.3, -0.25) is 4.79 Å². The van der Waals surface area contributed by atoms with Gasteiger partial charge in [-0.05, 0) is 23.6 Å². The lowest BCUT2D eigenvalue weighted by atomic mass is 9.84. The molecule has 0 aliphatic heterocycles. The lowest BCUT2D eigenvalue weighted by molar-refractivity contribution is 0.391. The minimum Gasteiger partial charge on any atom is -0.507 e. The monoisotopic (exact) mass is 273 g/mol. The molecule has 0 aliphatic carbocycles. The van der Waals surface area contributed by atoms with E-state index in [1.54, 1.807) is 31.5 Å². The number of rotatable bonds is 2. The molecule has 0 atom stereocenters. The van der Waals surface area contributed by atoms with Gasteiger partial charge >= 0.3 is 0 Å². The Morgan fingerprint density at radius 3 is 2.45 bits per heavy atom. The predicted octanol–water partition coefficient (Wildman–Crippen LogP) is 3.05. The smallest absolute Gasteiger partial charge is 0.255 e. The van der Waals surface area contributed by atoms with Crippen LogP contribution in [-0.4, -0.2) is 17.2 Å². The van der Waals surface area contributed by atoms with Crippen LogP contribution in [0.5, 0.6) is 11.5 Å². The molecule has 4 heteroatoms. The molecule has 2 rings (SSSR count). The lowest BCUT2D eigenvalue weighted by Crippen LogP contribution is -2.14. The van der Waals surface area contributed by atoms with Crippen molar-refractivity contribution in [3.63, 3.8) is 0 Å². The van der Waals surface area contributed by atoms with Gasteiger partial charge in [0.2, 0.25) is 0 Å². The molecule has 20 heavy (non-hydrogen) atoms. The van der Waals surface area contributed by atoms with Crippen molar-refractivity contribution in [2.75, 3.05) is 7.11 Å². The van der Waals surface area contributed by atoms with E-state index in [0.29, 0.717) is 16.9 Å². The number of pyridine rings is 1. The summed E-state index contributed by atoms with van der Waals surface area (Å²) in [4.78, 5) is 14.5. The van der Waals surface area contributed by atoms with Crippen molar-refractivity contribution in [3.8, 4) is 22.6 Å². The highest BCUT2D eigenvalue weighted by Crippen LogP contribution is 2.39. The highest BCUT2D eigenvalue weighted by atomic mass is 16.5. The fourth-order valence-corrected chi connectivity index (χ4v) is 2.17. The number of nitrogens with one attached hydrogen (secondary N) is 1. The second kappa shape index (κ2) is 5.04. The molecule has 1 aromatic carbocycles. The van der Waals surface area contributed by atoms with Crippen LogP contribution in [0.2, 0.25) is 0 Å². The number of hydrogen-bond acceptors (Lipinski definition) is 3. The third-order valence-electron chi connectivity index (χ3n) is 3.23. The van der Waals surface area contributed by atoms with Crippen LogP contribution in [-0.2, 0) is 5.41 Å².